The Morgan fingerprint density at radius 2 is 2.00 bits per heavy atom. The van der Waals surface area contributed by atoms with Crippen molar-refractivity contribution in [2.75, 3.05) is 6.54 Å². The normalized spacial score (nSPS) is 16.0. The molecular formula is C10H14N4O2S2. The summed E-state index contributed by atoms with van der Waals surface area (Å²) in [6, 6.07) is 7.79. The highest BCUT2D eigenvalue weighted by Gasteiger charge is 2.26. The lowest BCUT2D eigenvalue weighted by molar-refractivity contribution is 0.382. The van der Waals surface area contributed by atoms with Gasteiger partial charge in [0.2, 0.25) is 0 Å². The van der Waals surface area contributed by atoms with Crippen molar-refractivity contribution in [1.29, 1.82) is 0 Å². The van der Waals surface area contributed by atoms with Gasteiger partial charge in [0.15, 0.2) is 5.11 Å². The second-order valence-corrected chi connectivity index (χ2v) is 6.06. The van der Waals surface area contributed by atoms with Crippen LogP contribution in [-0.4, -0.2) is 24.4 Å². The Morgan fingerprint density at radius 3 is 2.67 bits per heavy atom. The van der Waals surface area contributed by atoms with Crippen molar-refractivity contribution in [3.8, 4) is 0 Å². The average Bonchev–Trinajstić information content (AvgIpc) is 2.36. The summed E-state index contributed by atoms with van der Waals surface area (Å²) in [5, 5.41) is -0.115. The Hall–Kier alpha value is -1.22. The van der Waals surface area contributed by atoms with E-state index >= 15 is 0 Å². The fraction of sp³-hybridized carbons (Fsp3) is 0.300. The first kappa shape index (κ1) is 13.2. The van der Waals surface area contributed by atoms with Crippen LogP contribution in [0.4, 0.5) is 0 Å². The van der Waals surface area contributed by atoms with Crippen LogP contribution in [0.5, 0.6) is 0 Å². The van der Waals surface area contributed by atoms with Gasteiger partial charge in [0.05, 0.1) is 0 Å². The first-order valence-electron chi connectivity index (χ1n) is 5.38. The van der Waals surface area contributed by atoms with Gasteiger partial charge in [-0.1, -0.05) is 24.3 Å². The maximum Gasteiger partial charge on any atom is 0.296 e. The Kier molecular flexibility index (Phi) is 3.81. The molecule has 4 N–H and O–H groups in total. The highest BCUT2D eigenvalue weighted by Crippen LogP contribution is 2.19. The molecule has 0 saturated carbocycles. The van der Waals surface area contributed by atoms with Crippen LogP contribution in [0.25, 0.3) is 0 Å². The van der Waals surface area contributed by atoms with Crippen LogP contribution in [0.15, 0.2) is 24.3 Å². The zero-order chi connectivity index (χ0) is 13.2. The monoisotopic (exact) mass is 286 g/mol. The highest BCUT2D eigenvalue weighted by atomic mass is 32.2. The van der Waals surface area contributed by atoms with Gasteiger partial charge in [-0.05, 0) is 29.8 Å². The van der Waals surface area contributed by atoms with E-state index in [0.717, 1.165) is 5.56 Å². The molecule has 18 heavy (non-hydrogen) atoms. The Labute approximate surface area is 111 Å². The summed E-state index contributed by atoms with van der Waals surface area (Å²) in [6.45, 7) is 0.788. The van der Waals surface area contributed by atoms with Crippen molar-refractivity contribution < 1.29 is 8.42 Å². The van der Waals surface area contributed by atoms with Gasteiger partial charge in [0, 0.05) is 13.1 Å². The molecule has 1 aliphatic heterocycles. The smallest absolute Gasteiger partial charge is 0.296 e. The highest BCUT2D eigenvalue weighted by molar-refractivity contribution is 7.87. The van der Waals surface area contributed by atoms with Gasteiger partial charge in [-0.2, -0.15) is 12.7 Å². The topological polar surface area (TPSA) is 87.5 Å². The van der Waals surface area contributed by atoms with Crippen molar-refractivity contribution >= 4 is 27.5 Å². The molecule has 1 aliphatic rings. The summed E-state index contributed by atoms with van der Waals surface area (Å²) in [4.78, 5) is 2.14. The first-order chi connectivity index (χ1) is 8.49. The molecule has 2 rings (SSSR count). The van der Waals surface area contributed by atoms with E-state index in [0.29, 0.717) is 19.5 Å². The van der Waals surface area contributed by atoms with Crippen LogP contribution in [0.1, 0.15) is 11.1 Å². The van der Waals surface area contributed by atoms with Crippen molar-refractivity contribution in [2.24, 2.45) is 5.73 Å². The van der Waals surface area contributed by atoms with E-state index in [1.54, 1.807) is 0 Å². The fourth-order valence-corrected chi connectivity index (χ4v) is 2.98. The number of hydrogen-bond acceptors (Lipinski definition) is 3. The summed E-state index contributed by atoms with van der Waals surface area (Å²) in [5.74, 6) is 0. The molecule has 0 atom stereocenters. The number of rotatable bonds is 3. The third-order valence-corrected chi connectivity index (χ3v) is 4.19. The molecule has 6 nitrogen and oxygen atoms in total. The zero-order valence-electron chi connectivity index (χ0n) is 9.59. The maximum absolute atomic E-state index is 11.9. The lowest BCUT2D eigenvalue weighted by Gasteiger charge is -2.28. The zero-order valence-corrected chi connectivity index (χ0v) is 11.2. The molecule has 0 spiro atoms. The molecule has 1 heterocycles. The average molecular weight is 286 g/mol. The van der Waals surface area contributed by atoms with Crippen LogP contribution in [0, 0.1) is 0 Å². The van der Waals surface area contributed by atoms with Gasteiger partial charge in [0.1, 0.15) is 0 Å². The van der Waals surface area contributed by atoms with E-state index in [1.165, 1.54) is 9.87 Å². The largest absolute Gasteiger partial charge is 0.375 e. The number of nitrogens with two attached hydrogens (primary N) is 1. The number of hydrazine groups is 1. The van der Waals surface area contributed by atoms with Crippen molar-refractivity contribution in [2.45, 2.75) is 13.0 Å². The molecule has 0 amide bonds. The first-order valence-corrected chi connectivity index (χ1v) is 7.23. The van der Waals surface area contributed by atoms with E-state index in [1.807, 2.05) is 24.3 Å². The van der Waals surface area contributed by atoms with Crippen LogP contribution < -0.4 is 16.0 Å². The Balaban J connectivity index is 2.11. The molecule has 0 radical (unpaired) electrons. The van der Waals surface area contributed by atoms with Crippen molar-refractivity contribution in [3.63, 3.8) is 0 Å². The number of hydrogen-bond donors (Lipinski definition) is 3. The second-order valence-electron chi connectivity index (χ2n) is 3.95. The van der Waals surface area contributed by atoms with Gasteiger partial charge in [-0.15, -0.1) is 4.83 Å². The summed E-state index contributed by atoms with van der Waals surface area (Å²) in [7, 11) is -3.62. The molecule has 0 unspecified atom stereocenters. The van der Waals surface area contributed by atoms with E-state index in [2.05, 4.69) is 22.5 Å². The number of thiocarbonyl (C=S) groups is 1. The van der Waals surface area contributed by atoms with Gasteiger partial charge in [-0.3, -0.25) is 5.43 Å². The molecule has 0 saturated heterocycles. The van der Waals surface area contributed by atoms with E-state index in [9.17, 15) is 8.42 Å². The Bertz CT molecular complexity index is 559. The third-order valence-electron chi connectivity index (χ3n) is 2.74. The van der Waals surface area contributed by atoms with E-state index in [-0.39, 0.29) is 5.11 Å². The quantitative estimate of drug-likeness (QED) is 0.521. The van der Waals surface area contributed by atoms with Gasteiger partial charge in [-0.25, -0.2) is 0 Å². The second kappa shape index (κ2) is 5.19. The predicted octanol–water partition coefficient (Wildman–Crippen LogP) is -0.373. The molecule has 0 fully saturated rings. The molecule has 0 bridgehead atoms. The summed E-state index contributed by atoms with van der Waals surface area (Å²) < 4.78 is 25.2. The minimum Gasteiger partial charge on any atom is -0.375 e. The number of nitrogens with one attached hydrogen (secondary N) is 2. The van der Waals surface area contributed by atoms with Gasteiger partial charge >= 0.3 is 0 Å². The van der Waals surface area contributed by atoms with Crippen molar-refractivity contribution in [1.82, 2.24) is 14.6 Å². The number of fused-ring (bicyclic) bond motifs is 1. The van der Waals surface area contributed by atoms with Gasteiger partial charge < -0.3 is 5.73 Å². The molecule has 0 aromatic heterocycles. The fourth-order valence-electron chi connectivity index (χ4n) is 1.85. The van der Waals surface area contributed by atoms with Crippen LogP contribution in [-0.2, 0) is 23.2 Å². The number of benzene rings is 1. The van der Waals surface area contributed by atoms with E-state index in [4.69, 9.17) is 5.73 Å². The lowest BCUT2D eigenvalue weighted by atomic mass is 10.0. The van der Waals surface area contributed by atoms with Crippen molar-refractivity contribution in [3.05, 3.63) is 35.4 Å². The summed E-state index contributed by atoms with van der Waals surface area (Å²) in [5.41, 5.74) is 9.62. The van der Waals surface area contributed by atoms with Crippen LogP contribution in [0.3, 0.4) is 0 Å². The molecule has 1 aromatic carbocycles. The standard InChI is InChI=1S/C10H14N4O2S2/c11-10(17)12-13-18(15,16)14-6-5-8-3-1-2-4-9(8)7-14/h1-4,13H,5-7H2,(H3,11,12,17). The minimum atomic E-state index is -3.62. The molecule has 1 aromatic rings. The maximum atomic E-state index is 11.9. The molecule has 98 valence electrons. The van der Waals surface area contributed by atoms with Gasteiger partial charge in [0.25, 0.3) is 10.2 Å². The third kappa shape index (κ3) is 2.96. The number of nitrogens with zero attached hydrogens (tertiary/aromatic N) is 1. The molecular weight excluding hydrogens is 272 g/mol. The summed E-state index contributed by atoms with van der Waals surface area (Å²) in [6.07, 6.45) is 0.699. The van der Waals surface area contributed by atoms with E-state index < -0.39 is 10.2 Å². The summed E-state index contributed by atoms with van der Waals surface area (Å²) >= 11 is 4.55. The molecule has 8 heteroatoms. The molecule has 0 aliphatic carbocycles. The minimum absolute atomic E-state index is 0.115. The van der Waals surface area contributed by atoms with Crippen LogP contribution in [0.2, 0.25) is 0 Å². The Morgan fingerprint density at radius 1 is 1.33 bits per heavy atom. The SMILES string of the molecule is NC(=S)NNS(=O)(=O)N1CCc2ccccc2C1. The lowest BCUT2D eigenvalue weighted by Crippen LogP contribution is -2.51. The van der Waals surface area contributed by atoms with Crippen LogP contribution >= 0.6 is 12.2 Å². The predicted molar refractivity (Wildman–Crippen MR) is 72.5 cm³/mol.